The summed E-state index contributed by atoms with van der Waals surface area (Å²) in [5.41, 5.74) is 6.39. The minimum absolute atomic E-state index is 0.501. The van der Waals surface area contributed by atoms with Gasteiger partial charge in [-0.05, 0) is 18.4 Å². The van der Waals surface area contributed by atoms with Crippen molar-refractivity contribution in [1.82, 2.24) is 9.78 Å². The van der Waals surface area contributed by atoms with Gasteiger partial charge in [-0.2, -0.15) is 5.10 Å². The Morgan fingerprint density at radius 2 is 2.27 bits per heavy atom. The molecule has 4 heteroatoms. The summed E-state index contributed by atoms with van der Waals surface area (Å²) < 4.78 is 7.37. The number of rotatable bonds is 7. The van der Waals surface area contributed by atoms with Gasteiger partial charge < -0.3 is 10.5 Å². The van der Waals surface area contributed by atoms with Gasteiger partial charge in [0.15, 0.2) is 0 Å². The maximum atomic E-state index is 5.50. The molecule has 0 aliphatic rings. The van der Waals surface area contributed by atoms with Gasteiger partial charge in [0.2, 0.25) is 0 Å². The number of hydrogen-bond acceptors (Lipinski definition) is 3. The summed E-state index contributed by atoms with van der Waals surface area (Å²) in [6.45, 7) is 7.26. The Labute approximate surface area is 91.4 Å². The zero-order valence-electron chi connectivity index (χ0n) is 9.65. The van der Waals surface area contributed by atoms with Crippen LogP contribution in [0.3, 0.4) is 0 Å². The highest BCUT2D eigenvalue weighted by Gasteiger charge is 1.97. The molecule has 0 fully saturated rings. The van der Waals surface area contributed by atoms with E-state index < -0.39 is 0 Å². The van der Waals surface area contributed by atoms with Crippen molar-refractivity contribution in [2.75, 3.05) is 13.2 Å². The molecule has 1 rings (SSSR count). The van der Waals surface area contributed by atoms with Crippen molar-refractivity contribution in [1.29, 1.82) is 0 Å². The Morgan fingerprint density at radius 1 is 1.47 bits per heavy atom. The molecule has 1 aromatic heterocycles. The average Bonchev–Trinajstić information content (AvgIpc) is 2.65. The molecule has 15 heavy (non-hydrogen) atoms. The van der Waals surface area contributed by atoms with Gasteiger partial charge >= 0.3 is 0 Å². The fourth-order valence-corrected chi connectivity index (χ4v) is 1.22. The van der Waals surface area contributed by atoms with E-state index in [2.05, 4.69) is 18.9 Å². The Hall–Kier alpha value is -0.870. The molecule has 0 unspecified atom stereocenters. The molecule has 0 atom stereocenters. The van der Waals surface area contributed by atoms with E-state index in [9.17, 15) is 0 Å². The second-order valence-corrected chi connectivity index (χ2v) is 4.07. The van der Waals surface area contributed by atoms with Gasteiger partial charge in [0.25, 0.3) is 0 Å². The molecule has 2 N–H and O–H groups in total. The molecule has 0 radical (unpaired) electrons. The van der Waals surface area contributed by atoms with E-state index in [4.69, 9.17) is 10.5 Å². The molecule has 0 aromatic carbocycles. The van der Waals surface area contributed by atoms with Crippen LogP contribution in [0.1, 0.15) is 26.0 Å². The van der Waals surface area contributed by atoms with E-state index in [0.29, 0.717) is 12.5 Å². The molecule has 86 valence electrons. The topological polar surface area (TPSA) is 53.1 Å². The second kappa shape index (κ2) is 6.58. The van der Waals surface area contributed by atoms with Gasteiger partial charge in [-0.15, -0.1) is 0 Å². The smallest absolute Gasteiger partial charge is 0.0760 e. The van der Waals surface area contributed by atoms with Gasteiger partial charge in [0.05, 0.1) is 18.8 Å². The summed E-state index contributed by atoms with van der Waals surface area (Å²) in [5, 5.41) is 4.27. The van der Waals surface area contributed by atoms with Crippen LogP contribution < -0.4 is 5.73 Å². The molecule has 4 nitrogen and oxygen atoms in total. The molecule has 0 bridgehead atoms. The van der Waals surface area contributed by atoms with Crippen molar-refractivity contribution in [3.63, 3.8) is 0 Å². The summed E-state index contributed by atoms with van der Waals surface area (Å²) in [4.78, 5) is 0. The molecule has 1 heterocycles. The highest BCUT2D eigenvalue weighted by atomic mass is 16.5. The van der Waals surface area contributed by atoms with E-state index >= 15 is 0 Å². The van der Waals surface area contributed by atoms with Gasteiger partial charge in [0, 0.05) is 19.3 Å². The second-order valence-electron chi connectivity index (χ2n) is 4.07. The van der Waals surface area contributed by atoms with Gasteiger partial charge in [-0.3, -0.25) is 4.68 Å². The standard InChI is InChI=1S/C11H21N3O/c1-10(2)4-7-15-8-6-14-5-3-11(9-12)13-14/h3,5,10H,4,6-9,12H2,1-2H3. The number of nitrogens with zero attached hydrogens (tertiary/aromatic N) is 2. The van der Waals surface area contributed by atoms with Crippen molar-refractivity contribution < 1.29 is 4.74 Å². The summed E-state index contributed by atoms with van der Waals surface area (Å²) in [6, 6.07) is 1.94. The third-order valence-electron chi connectivity index (χ3n) is 2.21. The fourth-order valence-electron chi connectivity index (χ4n) is 1.22. The molecular formula is C11H21N3O. The maximum absolute atomic E-state index is 5.50. The molecule has 0 aliphatic carbocycles. The molecule has 0 spiro atoms. The summed E-state index contributed by atoms with van der Waals surface area (Å²) in [5.74, 6) is 0.707. The van der Waals surface area contributed by atoms with E-state index in [1.165, 1.54) is 0 Å². The van der Waals surface area contributed by atoms with Gasteiger partial charge in [0.1, 0.15) is 0 Å². The monoisotopic (exact) mass is 211 g/mol. The van der Waals surface area contributed by atoms with Crippen LogP contribution in [0.15, 0.2) is 12.3 Å². The summed E-state index contributed by atoms with van der Waals surface area (Å²) >= 11 is 0. The lowest BCUT2D eigenvalue weighted by molar-refractivity contribution is 0.114. The van der Waals surface area contributed by atoms with Crippen LogP contribution in [0.25, 0.3) is 0 Å². The first-order valence-electron chi connectivity index (χ1n) is 5.52. The average molecular weight is 211 g/mol. The van der Waals surface area contributed by atoms with Crippen molar-refractivity contribution >= 4 is 0 Å². The van der Waals surface area contributed by atoms with Crippen LogP contribution in [-0.2, 0) is 17.8 Å². The Morgan fingerprint density at radius 3 is 2.87 bits per heavy atom. The van der Waals surface area contributed by atoms with Crippen molar-refractivity contribution in [2.45, 2.75) is 33.4 Å². The third-order valence-corrected chi connectivity index (χ3v) is 2.21. The number of aromatic nitrogens is 2. The number of ether oxygens (including phenoxy) is 1. The van der Waals surface area contributed by atoms with Crippen LogP contribution in [0.4, 0.5) is 0 Å². The molecule has 0 aliphatic heterocycles. The Balaban J connectivity index is 2.09. The number of hydrogen-bond donors (Lipinski definition) is 1. The summed E-state index contributed by atoms with van der Waals surface area (Å²) in [7, 11) is 0. The van der Waals surface area contributed by atoms with Crippen molar-refractivity contribution in [3.8, 4) is 0 Å². The van der Waals surface area contributed by atoms with E-state index in [0.717, 1.165) is 31.9 Å². The van der Waals surface area contributed by atoms with E-state index in [1.807, 2.05) is 16.9 Å². The lowest BCUT2D eigenvalue weighted by Gasteiger charge is -2.06. The zero-order valence-corrected chi connectivity index (χ0v) is 9.65. The predicted octanol–water partition coefficient (Wildman–Crippen LogP) is 1.40. The van der Waals surface area contributed by atoms with Crippen LogP contribution >= 0.6 is 0 Å². The Bertz CT molecular complexity index is 271. The minimum atomic E-state index is 0.501. The quantitative estimate of drug-likeness (QED) is 0.694. The fraction of sp³-hybridized carbons (Fsp3) is 0.727. The maximum Gasteiger partial charge on any atom is 0.0760 e. The minimum Gasteiger partial charge on any atom is -0.380 e. The van der Waals surface area contributed by atoms with E-state index in [1.54, 1.807) is 0 Å². The first-order chi connectivity index (χ1) is 7.22. The van der Waals surface area contributed by atoms with Crippen LogP contribution in [-0.4, -0.2) is 23.0 Å². The van der Waals surface area contributed by atoms with Crippen molar-refractivity contribution in [3.05, 3.63) is 18.0 Å². The SMILES string of the molecule is CC(C)CCOCCn1ccc(CN)n1. The first kappa shape index (κ1) is 12.2. The summed E-state index contributed by atoms with van der Waals surface area (Å²) in [6.07, 6.45) is 3.06. The first-order valence-corrected chi connectivity index (χ1v) is 5.52. The lowest BCUT2D eigenvalue weighted by Crippen LogP contribution is -2.09. The molecular weight excluding hydrogens is 190 g/mol. The lowest BCUT2D eigenvalue weighted by atomic mass is 10.1. The van der Waals surface area contributed by atoms with Crippen LogP contribution in [0.2, 0.25) is 0 Å². The van der Waals surface area contributed by atoms with Gasteiger partial charge in [-0.1, -0.05) is 13.8 Å². The van der Waals surface area contributed by atoms with E-state index in [-0.39, 0.29) is 0 Å². The number of nitrogens with two attached hydrogens (primary N) is 1. The van der Waals surface area contributed by atoms with Gasteiger partial charge in [-0.25, -0.2) is 0 Å². The van der Waals surface area contributed by atoms with Crippen LogP contribution in [0.5, 0.6) is 0 Å². The third kappa shape index (κ3) is 4.95. The molecule has 0 saturated heterocycles. The van der Waals surface area contributed by atoms with Crippen molar-refractivity contribution in [2.24, 2.45) is 11.7 Å². The molecule has 0 amide bonds. The highest BCUT2D eigenvalue weighted by molar-refractivity contribution is 4.97. The highest BCUT2D eigenvalue weighted by Crippen LogP contribution is 1.99. The zero-order chi connectivity index (χ0) is 11.1. The molecule has 0 saturated carbocycles. The van der Waals surface area contributed by atoms with Crippen LogP contribution in [0, 0.1) is 5.92 Å². The Kier molecular flexibility index (Phi) is 5.36. The predicted molar refractivity (Wildman–Crippen MR) is 60.4 cm³/mol. The normalized spacial score (nSPS) is 11.2. The molecule has 1 aromatic rings. The largest absolute Gasteiger partial charge is 0.380 e.